The number of hydrogen-bond acceptors (Lipinski definition) is 3. The summed E-state index contributed by atoms with van der Waals surface area (Å²) >= 11 is 0. The Morgan fingerprint density at radius 1 is 1.25 bits per heavy atom. The van der Waals surface area contributed by atoms with Crippen molar-refractivity contribution in [1.82, 2.24) is 15.5 Å². The molecule has 2 aliphatic carbocycles. The largest absolute Gasteiger partial charge is 0.392 e. The minimum absolute atomic E-state index is 0. The Hall–Kier alpha value is -0.0800. The Morgan fingerprint density at radius 3 is 2.71 bits per heavy atom. The molecule has 3 unspecified atom stereocenters. The van der Waals surface area contributed by atoms with Crippen LogP contribution in [0.2, 0.25) is 0 Å². The maximum Gasteiger partial charge on any atom is 0.191 e. The smallest absolute Gasteiger partial charge is 0.191 e. The zero-order valence-corrected chi connectivity index (χ0v) is 17.6. The lowest BCUT2D eigenvalue weighted by Crippen LogP contribution is -2.46. The third-order valence-corrected chi connectivity index (χ3v) is 5.85. The average Bonchev–Trinajstić information content (AvgIpc) is 3.29. The van der Waals surface area contributed by atoms with E-state index in [0.29, 0.717) is 12.6 Å². The zero-order valence-electron chi connectivity index (χ0n) is 15.3. The van der Waals surface area contributed by atoms with Crippen LogP contribution in [-0.2, 0) is 0 Å². The lowest BCUT2D eigenvalue weighted by Gasteiger charge is -2.37. The number of nitrogens with one attached hydrogen (secondary N) is 2. The van der Waals surface area contributed by atoms with Crippen molar-refractivity contribution in [2.75, 3.05) is 26.2 Å². The van der Waals surface area contributed by atoms with Gasteiger partial charge in [-0.15, -0.1) is 24.0 Å². The normalized spacial score (nSPS) is 34.7. The molecule has 0 spiro atoms. The van der Waals surface area contributed by atoms with Crippen molar-refractivity contribution in [3.8, 4) is 0 Å². The van der Waals surface area contributed by atoms with E-state index >= 15 is 0 Å². The van der Waals surface area contributed by atoms with E-state index in [9.17, 15) is 5.11 Å². The molecular weight excluding hydrogens is 415 g/mol. The van der Waals surface area contributed by atoms with Gasteiger partial charge in [-0.3, -0.25) is 9.89 Å². The van der Waals surface area contributed by atoms with Gasteiger partial charge in [-0.25, -0.2) is 0 Å². The van der Waals surface area contributed by atoms with Gasteiger partial charge in [0.2, 0.25) is 0 Å². The molecule has 0 aromatic rings. The van der Waals surface area contributed by atoms with Crippen LogP contribution in [0.15, 0.2) is 4.99 Å². The highest BCUT2D eigenvalue weighted by atomic mass is 127. The second-order valence-corrected chi connectivity index (χ2v) is 7.97. The van der Waals surface area contributed by atoms with E-state index in [0.717, 1.165) is 44.4 Å². The molecule has 140 valence electrons. The first kappa shape index (κ1) is 20.2. The first-order valence-electron chi connectivity index (χ1n) is 9.58. The zero-order chi connectivity index (χ0) is 16.3. The maximum atomic E-state index is 10.3. The van der Waals surface area contributed by atoms with Crippen LogP contribution < -0.4 is 10.6 Å². The second-order valence-electron chi connectivity index (χ2n) is 7.97. The number of aliphatic hydroxyl groups excluding tert-OH is 1. The van der Waals surface area contributed by atoms with Crippen LogP contribution in [0.5, 0.6) is 0 Å². The summed E-state index contributed by atoms with van der Waals surface area (Å²) in [6.45, 7) is 8.26. The van der Waals surface area contributed by atoms with E-state index in [4.69, 9.17) is 4.99 Å². The van der Waals surface area contributed by atoms with E-state index in [1.54, 1.807) is 0 Å². The highest BCUT2D eigenvalue weighted by Gasteiger charge is 2.36. The van der Waals surface area contributed by atoms with Gasteiger partial charge in [0.15, 0.2) is 5.96 Å². The van der Waals surface area contributed by atoms with Crippen LogP contribution in [0.4, 0.5) is 0 Å². The first-order chi connectivity index (χ1) is 11.1. The third kappa shape index (κ3) is 5.21. The van der Waals surface area contributed by atoms with Crippen LogP contribution in [0.3, 0.4) is 0 Å². The molecule has 3 fully saturated rings. The van der Waals surface area contributed by atoms with E-state index in [1.807, 2.05) is 0 Å². The number of aliphatic hydroxyl groups is 1. The molecule has 3 aliphatic rings. The Labute approximate surface area is 164 Å². The molecule has 0 aromatic heterocycles. The second kappa shape index (κ2) is 9.03. The molecular formula is C18H35IN4O. The monoisotopic (exact) mass is 450 g/mol. The molecule has 2 saturated carbocycles. The van der Waals surface area contributed by atoms with Crippen molar-refractivity contribution in [2.45, 2.75) is 77.0 Å². The van der Waals surface area contributed by atoms with Crippen LogP contribution in [0, 0.1) is 5.41 Å². The van der Waals surface area contributed by atoms with Crippen molar-refractivity contribution in [2.24, 2.45) is 10.4 Å². The van der Waals surface area contributed by atoms with E-state index in [2.05, 4.69) is 29.4 Å². The molecule has 5 nitrogen and oxygen atoms in total. The van der Waals surface area contributed by atoms with Crippen molar-refractivity contribution in [3.63, 3.8) is 0 Å². The minimum atomic E-state index is -0.209. The highest BCUT2D eigenvalue weighted by Crippen LogP contribution is 2.36. The number of nitrogens with zero attached hydrogens (tertiary/aromatic N) is 2. The highest BCUT2D eigenvalue weighted by molar-refractivity contribution is 14.0. The molecule has 3 N–H and O–H groups in total. The van der Waals surface area contributed by atoms with Crippen molar-refractivity contribution in [1.29, 1.82) is 0 Å². The SMILES string of the molecule is CCNC(=NCC1(C)CCCCC1O)NC1CCN(C2CC2)C1.I. The molecule has 0 amide bonds. The van der Waals surface area contributed by atoms with E-state index in [-0.39, 0.29) is 35.5 Å². The van der Waals surface area contributed by atoms with Crippen molar-refractivity contribution < 1.29 is 5.11 Å². The Kier molecular flexibility index (Phi) is 7.61. The van der Waals surface area contributed by atoms with Crippen molar-refractivity contribution in [3.05, 3.63) is 0 Å². The standard InChI is InChI=1S/C18H34N4O.HI/c1-3-19-17(20-13-18(2)10-5-4-6-16(18)23)21-14-9-11-22(12-14)15-7-8-15;/h14-16,23H,3-13H2,1-2H3,(H2,19,20,21);1H. The van der Waals surface area contributed by atoms with Crippen molar-refractivity contribution >= 4 is 29.9 Å². The Bertz CT molecular complexity index is 429. The summed E-state index contributed by atoms with van der Waals surface area (Å²) in [5.41, 5.74) is -0.0592. The quantitative estimate of drug-likeness (QED) is 0.342. The molecule has 0 bridgehead atoms. The van der Waals surface area contributed by atoms with Gasteiger partial charge in [-0.1, -0.05) is 19.8 Å². The molecule has 0 radical (unpaired) electrons. The van der Waals surface area contributed by atoms with Crippen LogP contribution in [0.1, 0.15) is 58.8 Å². The summed E-state index contributed by atoms with van der Waals surface area (Å²) < 4.78 is 0. The average molecular weight is 450 g/mol. The molecule has 1 saturated heterocycles. The number of aliphatic imine (C=N–C) groups is 1. The van der Waals surface area contributed by atoms with E-state index in [1.165, 1.54) is 32.2 Å². The maximum absolute atomic E-state index is 10.3. The molecule has 0 aromatic carbocycles. The van der Waals surface area contributed by atoms with Gasteiger partial charge in [-0.05, 0) is 39.0 Å². The third-order valence-electron chi connectivity index (χ3n) is 5.85. The van der Waals surface area contributed by atoms with E-state index < -0.39 is 0 Å². The molecule has 3 atom stereocenters. The van der Waals surface area contributed by atoms with Crippen LogP contribution in [-0.4, -0.2) is 60.3 Å². The number of hydrogen-bond donors (Lipinski definition) is 3. The van der Waals surface area contributed by atoms with Gasteiger partial charge in [0.1, 0.15) is 0 Å². The van der Waals surface area contributed by atoms with Gasteiger partial charge in [0, 0.05) is 37.1 Å². The number of likely N-dealkylation sites (tertiary alicyclic amines) is 1. The summed E-state index contributed by atoms with van der Waals surface area (Å²) in [5.74, 6) is 0.925. The molecule has 24 heavy (non-hydrogen) atoms. The van der Waals surface area contributed by atoms with Gasteiger partial charge in [0.05, 0.1) is 12.6 Å². The predicted molar refractivity (Wildman–Crippen MR) is 110 cm³/mol. The van der Waals surface area contributed by atoms with Gasteiger partial charge < -0.3 is 15.7 Å². The fourth-order valence-electron chi connectivity index (χ4n) is 4.02. The van der Waals surface area contributed by atoms with Crippen LogP contribution in [0.25, 0.3) is 0 Å². The minimum Gasteiger partial charge on any atom is -0.392 e. The number of halogens is 1. The molecule has 1 heterocycles. The lowest BCUT2D eigenvalue weighted by molar-refractivity contribution is 0.00715. The fraction of sp³-hybridized carbons (Fsp3) is 0.944. The van der Waals surface area contributed by atoms with Gasteiger partial charge in [-0.2, -0.15) is 0 Å². The summed E-state index contributed by atoms with van der Waals surface area (Å²) in [7, 11) is 0. The summed E-state index contributed by atoms with van der Waals surface area (Å²) in [5, 5.41) is 17.3. The summed E-state index contributed by atoms with van der Waals surface area (Å²) in [6.07, 6.45) is 8.14. The Balaban J connectivity index is 0.00000208. The molecule has 6 heteroatoms. The molecule has 1 aliphatic heterocycles. The fourth-order valence-corrected chi connectivity index (χ4v) is 4.02. The van der Waals surface area contributed by atoms with Gasteiger partial charge in [0.25, 0.3) is 0 Å². The van der Waals surface area contributed by atoms with Gasteiger partial charge >= 0.3 is 0 Å². The Morgan fingerprint density at radius 2 is 2.04 bits per heavy atom. The molecule has 3 rings (SSSR count). The number of guanidine groups is 1. The lowest BCUT2D eigenvalue weighted by atomic mass is 9.73. The first-order valence-corrected chi connectivity index (χ1v) is 9.58. The predicted octanol–water partition coefficient (Wildman–Crippen LogP) is 2.34. The summed E-state index contributed by atoms with van der Waals surface area (Å²) in [4.78, 5) is 7.44. The number of rotatable bonds is 5. The van der Waals surface area contributed by atoms with Crippen LogP contribution >= 0.6 is 24.0 Å². The topological polar surface area (TPSA) is 59.9 Å². The summed E-state index contributed by atoms with van der Waals surface area (Å²) in [6, 6.07) is 1.37.